The van der Waals surface area contributed by atoms with Gasteiger partial charge in [0.2, 0.25) is 0 Å². The molecular weight excluding hydrogens is 268 g/mol. The van der Waals surface area contributed by atoms with Crippen LogP contribution in [0, 0.1) is 10.1 Å². The molecule has 0 fully saturated rings. The van der Waals surface area contributed by atoms with E-state index in [1.54, 1.807) is 0 Å². The Morgan fingerprint density at radius 1 is 1.50 bits per heavy atom. The predicted molar refractivity (Wildman–Crippen MR) is 68.8 cm³/mol. The van der Waals surface area contributed by atoms with E-state index < -0.39 is 29.1 Å². The molecule has 0 radical (unpaired) electrons. The van der Waals surface area contributed by atoms with Crippen molar-refractivity contribution in [2.45, 2.75) is 0 Å². The third kappa shape index (κ3) is 4.09. The zero-order valence-corrected chi connectivity index (χ0v) is 10.4. The molecule has 0 aliphatic carbocycles. The third-order valence-corrected chi connectivity index (χ3v) is 2.21. The van der Waals surface area contributed by atoms with Crippen LogP contribution >= 0.6 is 0 Å². The number of carbonyl (C=O) groups excluding carboxylic acids is 1. The van der Waals surface area contributed by atoms with Crippen molar-refractivity contribution >= 4 is 17.6 Å². The fraction of sp³-hybridized carbons (Fsp3) is 0.167. The van der Waals surface area contributed by atoms with Gasteiger partial charge in [-0.1, -0.05) is 6.08 Å². The number of nitro benzene ring substituents is 1. The first kappa shape index (κ1) is 15.2. The van der Waals surface area contributed by atoms with Gasteiger partial charge < -0.3 is 15.2 Å². The van der Waals surface area contributed by atoms with Crippen LogP contribution in [0.4, 0.5) is 5.69 Å². The molecule has 0 aliphatic heterocycles. The van der Waals surface area contributed by atoms with E-state index >= 15 is 0 Å². The molecule has 8 heteroatoms. The smallest absolute Gasteiger partial charge is 0.335 e. The van der Waals surface area contributed by atoms with E-state index in [4.69, 9.17) is 9.84 Å². The van der Waals surface area contributed by atoms with Crippen molar-refractivity contribution in [3.8, 4) is 5.75 Å². The van der Waals surface area contributed by atoms with Gasteiger partial charge in [0.25, 0.3) is 5.91 Å². The van der Waals surface area contributed by atoms with Gasteiger partial charge in [0.05, 0.1) is 10.5 Å². The molecule has 0 saturated heterocycles. The average molecular weight is 280 g/mol. The fourth-order valence-electron chi connectivity index (χ4n) is 1.29. The molecule has 0 atom stereocenters. The van der Waals surface area contributed by atoms with Crippen LogP contribution in [-0.4, -0.2) is 35.1 Å². The van der Waals surface area contributed by atoms with E-state index in [0.29, 0.717) is 0 Å². The lowest BCUT2D eigenvalue weighted by Gasteiger charge is -2.07. The van der Waals surface area contributed by atoms with Gasteiger partial charge in [-0.05, 0) is 6.07 Å². The molecule has 8 nitrogen and oxygen atoms in total. The SMILES string of the molecule is C=CCNC(=O)COc1cc(C(=O)O)ccc1[N+](=O)[O-]. The molecular formula is C12H12N2O6. The first-order valence-corrected chi connectivity index (χ1v) is 5.48. The van der Waals surface area contributed by atoms with Crippen LogP contribution in [0.5, 0.6) is 5.75 Å². The maximum Gasteiger partial charge on any atom is 0.335 e. The van der Waals surface area contributed by atoms with E-state index in [1.807, 2.05) is 0 Å². The molecule has 0 bridgehead atoms. The van der Waals surface area contributed by atoms with E-state index in [9.17, 15) is 19.7 Å². The summed E-state index contributed by atoms with van der Waals surface area (Å²) in [6.07, 6.45) is 1.46. The number of ether oxygens (including phenoxy) is 1. The highest BCUT2D eigenvalue weighted by atomic mass is 16.6. The molecule has 1 aromatic rings. The van der Waals surface area contributed by atoms with E-state index in [0.717, 1.165) is 18.2 Å². The number of hydrogen-bond donors (Lipinski definition) is 2. The molecule has 1 amide bonds. The highest BCUT2D eigenvalue weighted by Gasteiger charge is 2.18. The minimum Gasteiger partial charge on any atom is -0.478 e. The number of nitrogens with one attached hydrogen (secondary N) is 1. The molecule has 0 spiro atoms. The second kappa shape index (κ2) is 6.88. The monoisotopic (exact) mass is 280 g/mol. The number of benzene rings is 1. The van der Waals surface area contributed by atoms with Crippen molar-refractivity contribution in [2.75, 3.05) is 13.2 Å². The van der Waals surface area contributed by atoms with Crippen LogP contribution in [0.2, 0.25) is 0 Å². The highest BCUT2D eigenvalue weighted by molar-refractivity contribution is 5.88. The second-order valence-electron chi connectivity index (χ2n) is 3.63. The number of amides is 1. The van der Waals surface area contributed by atoms with Gasteiger partial charge >= 0.3 is 11.7 Å². The number of carbonyl (C=O) groups is 2. The van der Waals surface area contributed by atoms with Gasteiger partial charge in [0.15, 0.2) is 12.4 Å². The largest absolute Gasteiger partial charge is 0.478 e. The second-order valence-corrected chi connectivity index (χ2v) is 3.63. The summed E-state index contributed by atoms with van der Waals surface area (Å²) in [5.41, 5.74) is -0.580. The zero-order valence-electron chi connectivity index (χ0n) is 10.4. The van der Waals surface area contributed by atoms with Crippen molar-refractivity contribution in [3.05, 3.63) is 46.5 Å². The Balaban J connectivity index is 2.87. The van der Waals surface area contributed by atoms with Crippen LogP contribution in [-0.2, 0) is 4.79 Å². The minimum absolute atomic E-state index is 0.169. The Kier molecular flexibility index (Phi) is 5.21. The summed E-state index contributed by atoms with van der Waals surface area (Å²) in [5, 5.41) is 22.0. The number of carboxylic acids is 1. The number of aromatic carboxylic acids is 1. The van der Waals surface area contributed by atoms with E-state index in [1.165, 1.54) is 6.08 Å². The summed E-state index contributed by atoms with van der Waals surface area (Å²) < 4.78 is 5.00. The summed E-state index contributed by atoms with van der Waals surface area (Å²) >= 11 is 0. The summed E-state index contributed by atoms with van der Waals surface area (Å²) in [4.78, 5) is 32.2. The lowest BCUT2D eigenvalue weighted by Crippen LogP contribution is -2.28. The summed E-state index contributed by atoms with van der Waals surface area (Å²) in [6, 6.07) is 3.10. The number of carboxylic acid groups (broad SMARTS) is 1. The molecule has 1 rings (SSSR count). The molecule has 0 unspecified atom stereocenters. The summed E-state index contributed by atoms with van der Waals surface area (Å²) in [7, 11) is 0. The van der Waals surface area contributed by atoms with Crippen LogP contribution < -0.4 is 10.1 Å². The Labute approximate surface area is 113 Å². The standard InChI is InChI=1S/C12H12N2O6/c1-2-5-13-11(15)7-20-10-6-8(12(16)17)3-4-9(10)14(18)19/h2-4,6H,1,5,7H2,(H,13,15)(H,16,17). The molecule has 0 aromatic heterocycles. The molecule has 0 heterocycles. The third-order valence-electron chi connectivity index (χ3n) is 2.21. The Hall–Kier alpha value is -2.90. The van der Waals surface area contributed by atoms with Gasteiger partial charge in [-0.15, -0.1) is 6.58 Å². The van der Waals surface area contributed by atoms with E-state index in [2.05, 4.69) is 11.9 Å². The Bertz CT molecular complexity index is 555. The maximum atomic E-state index is 11.3. The molecule has 106 valence electrons. The molecule has 0 aliphatic rings. The first-order valence-electron chi connectivity index (χ1n) is 5.48. The number of nitrogens with zero attached hydrogens (tertiary/aromatic N) is 1. The average Bonchev–Trinajstić information content (AvgIpc) is 2.42. The lowest BCUT2D eigenvalue weighted by atomic mass is 10.2. The van der Waals surface area contributed by atoms with Crippen molar-refractivity contribution in [3.63, 3.8) is 0 Å². The minimum atomic E-state index is -1.25. The highest BCUT2D eigenvalue weighted by Crippen LogP contribution is 2.27. The zero-order chi connectivity index (χ0) is 15.1. The number of rotatable bonds is 7. The maximum absolute atomic E-state index is 11.3. The van der Waals surface area contributed by atoms with Gasteiger partial charge in [0.1, 0.15) is 0 Å². The van der Waals surface area contributed by atoms with Crippen molar-refractivity contribution in [1.82, 2.24) is 5.32 Å². The molecule has 1 aromatic carbocycles. The normalized spacial score (nSPS) is 9.60. The Morgan fingerprint density at radius 3 is 2.75 bits per heavy atom. The van der Waals surface area contributed by atoms with Crippen molar-refractivity contribution < 1.29 is 24.4 Å². The van der Waals surface area contributed by atoms with Crippen molar-refractivity contribution in [1.29, 1.82) is 0 Å². The fourth-order valence-corrected chi connectivity index (χ4v) is 1.29. The van der Waals surface area contributed by atoms with Crippen LogP contribution in [0.3, 0.4) is 0 Å². The predicted octanol–water partition coefficient (Wildman–Crippen LogP) is 0.974. The van der Waals surface area contributed by atoms with Crippen molar-refractivity contribution in [2.24, 2.45) is 0 Å². The molecule has 2 N–H and O–H groups in total. The summed E-state index contributed by atoms with van der Waals surface area (Å²) in [6.45, 7) is 3.18. The van der Waals surface area contributed by atoms with Gasteiger partial charge in [-0.3, -0.25) is 14.9 Å². The lowest BCUT2D eigenvalue weighted by molar-refractivity contribution is -0.385. The molecule has 0 saturated carbocycles. The van der Waals surface area contributed by atoms with Crippen LogP contribution in [0.1, 0.15) is 10.4 Å². The van der Waals surface area contributed by atoms with E-state index in [-0.39, 0.29) is 17.9 Å². The number of nitro groups is 1. The summed E-state index contributed by atoms with van der Waals surface area (Å²) in [5.74, 6) is -2.02. The van der Waals surface area contributed by atoms with Crippen LogP contribution in [0.15, 0.2) is 30.9 Å². The van der Waals surface area contributed by atoms with Gasteiger partial charge in [-0.2, -0.15) is 0 Å². The Morgan fingerprint density at radius 2 is 2.20 bits per heavy atom. The number of hydrogen-bond acceptors (Lipinski definition) is 5. The first-order chi connectivity index (χ1) is 9.45. The quantitative estimate of drug-likeness (QED) is 0.436. The molecule has 20 heavy (non-hydrogen) atoms. The van der Waals surface area contributed by atoms with Gasteiger partial charge in [0, 0.05) is 18.7 Å². The topological polar surface area (TPSA) is 119 Å². The van der Waals surface area contributed by atoms with Gasteiger partial charge in [-0.25, -0.2) is 4.79 Å². The van der Waals surface area contributed by atoms with Crippen LogP contribution in [0.25, 0.3) is 0 Å².